The van der Waals surface area contributed by atoms with Crippen molar-refractivity contribution in [2.45, 2.75) is 15.0 Å². The quantitative estimate of drug-likeness (QED) is 0.0942. The van der Waals surface area contributed by atoms with Gasteiger partial charge >= 0.3 is 5.97 Å². The van der Waals surface area contributed by atoms with E-state index in [0.29, 0.717) is 32.5 Å². The number of carboxylic acid groups (broad SMARTS) is 1. The highest BCUT2D eigenvalue weighted by Crippen LogP contribution is 2.37. The Balaban J connectivity index is 1.67. The Labute approximate surface area is 229 Å². The minimum absolute atomic E-state index is 0.0345. The van der Waals surface area contributed by atoms with E-state index in [0.717, 1.165) is 16.7 Å². The second kappa shape index (κ2) is 12.0. The Morgan fingerprint density at radius 3 is 2.34 bits per heavy atom. The van der Waals surface area contributed by atoms with E-state index in [1.807, 2.05) is 0 Å². The standard InChI is InChI=1S/C25H18ClN3O7S2/c1-34-18-10-15(11-19(13-18)35-2)23-27-28-25(36-23)38-22(24(30)31)12-14-9-17(29(32)33)5-8-21(14)37-20-6-3-16(26)4-7-20/h3-13H,1-2H3,(H,30,31)/b22-12+. The number of halogens is 1. The van der Waals surface area contributed by atoms with Crippen LogP contribution in [0.25, 0.3) is 17.5 Å². The van der Waals surface area contributed by atoms with Crippen LogP contribution >= 0.6 is 35.1 Å². The third-order valence-electron chi connectivity index (χ3n) is 4.95. The van der Waals surface area contributed by atoms with Gasteiger partial charge in [-0.2, -0.15) is 0 Å². The Hall–Kier alpha value is -4.00. The Bertz CT molecular complexity index is 1500. The number of benzene rings is 3. The second-order valence-corrected chi connectivity index (χ2v) is 9.97. The second-order valence-electron chi connectivity index (χ2n) is 7.43. The zero-order valence-corrected chi connectivity index (χ0v) is 22.2. The highest BCUT2D eigenvalue weighted by atomic mass is 35.5. The molecule has 0 unspecified atom stereocenters. The number of nitro groups is 1. The molecule has 0 atom stereocenters. The summed E-state index contributed by atoms with van der Waals surface area (Å²) in [6.07, 6.45) is 1.33. The van der Waals surface area contributed by atoms with Crippen LogP contribution in [0, 0.1) is 10.1 Å². The average Bonchev–Trinajstić information content (AvgIpc) is 3.38. The minimum atomic E-state index is -1.27. The molecule has 0 bridgehead atoms. The van der Waals surface area contributed by atoms with Gasteiger partial charge in [-0.3, -0.25) is 10.1 Å². The fraction of sp³-hybridized carbons (Fsp3) is 0.0800. The number of carboxylic acids is 1. The van der Waals surface area contributed by atoms with E-state index in [-0.39, 0.29) is 21.7 Å². The van der Waals surface area contributed by atoms with Crippen LogP contribution in [0.15, 0.2) is 85.0 Å². The van der Waals surface area contributed by atoms with Gasteiger partial charge in [-0.25, -0.2) is 4.79 Å². The van der Waals surface area contributed by atoms with Gasteiger partial charge < -0.3 is 19.0 Å². The van der Waals surface area contributed by atoms with Gasteiger partial charge in [0.1, 0.15) is 16.4 Å². The first-order valence-electron chi connectivity index (χ1n) is 10.7. The van der Waals surface area contributed by atoms with Crippen molar-refractivity contribution in [3.63, 3.8) is 0 Å². The molecule has 0 aliphatic rings. The number of aromatic nitrogens is 2. The van der Waals surface area contributed by atoms with Crippen LogP contribution in [0.1, 0.15) is 5.56 Å². The van der Waals surface area contributed by atoms with Crippen LogP contribution in [0.4, 0.5) is 5.69 Å². The molecule has 38 heavy (non-hydrogen) atoms. The lowest BCUT2D eigenvalue weighted by Crippen LogP contribution is -1.98. The zero-order valence-electron chi connectivity index (χ0n) is 19.8. The van der Waals surface area contributed by atoms with Gasteiger partial charge in [-0.1, -0.05) is 23.4 Å². The summed E-state index contributed by atoms with van der Waals surface area (Å²) in [5, 5.41) is 29.7. The van der Waals surface area contributed by atoms with Gasteiger partial charge in [0, 0.05) is 38.6 Å². The molecule has 10 nitrogen and oxygen atoms in total. The highest BCUT2D eigenvalue weighted by molar-refractivity contribution is 8.03. The molecule has 1 N–H and O–H groups in total. The average molecular weight is 572 g/mol. The molecule has 0 amide bonds. The molecule has 1 heterocycles. The predicted molar refractivity (Wildman–Crippen MR) is 143 cm³/mol. The number of nitrogens with zero attached hydrogens (tertiary/aromatic N) is 3. The molecule has 4 aromatic rings. The maximum atomic E-state index is 12.1. The SMILES string of the molecule is COc1cc(OC)cc(-c2nnc(S/C(=C/c3cc([N+](=O)[O-])ccc3Sc3ccc(Cl)cc3)C(=O)O)o2)c1. The van der Waals surface area contributed by atoms with Crippen molar-refractivity contribution >= 4 is 52.9 Å². The summed E-state index contributed by atoms with van der Waals surface area (Å²) in [6.45, 7) is 0. The molecule has 0 aliphatic heterocycles. The number of hydrogen-bond acceptors (Lipinski definition) is 10. The lowest BCUT2D eigenvalue weighted by Gasteiger charge is -2.08. The molecule has 4 rings (SSSR count). The summed E-state index contributed by atoms with van der Waals surface area (Å²) >= 11 is 7.99. The largest absolute Gasteiger partial charge is 0.497 e. The van der Waals surface area contributed by atoms with Gasteiger partial charge in [0.15, 0.2) is 0 Å². The number of methoxy groups -OCH3 is 2. The first-order valence-corrected chi connectivity index (χ1v) is 12.7. The summed E-state index contributed by atoms with van der Waals surface area (Å²) in [5.41, 5.74) is 0.668. The van der Waals surface area contributed by atoms with Crippen molar-refractivity contribution in [2.24, 2.45) is 0 Å². The fourth-order valence-corrected chi connectivity index (χ4v) is 4.84. The summed E-state index contributed by atoms with van der Waals surface area (Å²) in [4.78, 5) is 24.2. The molecule has 0 radical (unpaired) electrons. The van der Waals surface area contributed by atoms with E-state index in [4.69, 9.17) is 25.5 Å². The van der Waals surface area contributed by atoms with Crippen molar-refractivity contribution in [1.82, 2.24) is 10.2 Å². The number of non-ortho nitro benzene ring substituents is 1. The van der Waals surface area contributed by atoms with E-state index in [2.05, 4.69) is 10.2 Å². The topological polar surface area (TPSA) is 138 Å². The first kappa shape index (κ1) is 27.0. The molecule has 0 saturated heterocycles. The Morgan fingerprint density at radius 2 is 1.74 bits per heavy atom. The molecule has 3 aromatic carbocycles. The summed E-state index contributed by atoms with van der Waals surface area (Å²) in [5.74, 6) is -0.126. The van der Waals surface area contributed by atoms with Crippen molar-refractivity contribution in [3.05, 3.63) is 86.3 Å². The monoisotopic (exact) mass is 571 g/mol. The number of thioether (sulfide) groups is 1. The molecule has 0 saturated carbocycles. The highest BCUT2D eigenvalue weighted by Gasteiger charge is 2.19. The van der Waals surface area contributed by atoms with Gasteiger partial charge in [0.25, 0.3) is 10.9 Å². The van der Waals surface area contributed by atoms with Crippen molar-refractivity contribution in [3.8, 4) is 23.0 Å². The summed E-state index contributed by atoms with van der Waals surface area (Å²) in [7, 11) is 3.01. The van der Waals surface area contributed by atoms with Crippen LogP contribution in [0.5, 0.6) is 11.5 Å². The van der Waals surface area contributed by atoms with Crippen LogP contribution < -0.4 is 9.47 Å². The van der Waals surface area contributed by atoms with Crippen LogP contribution in [-0.4, -0.2) is 40.4 Å². The normalized spacial score (nSPS) is 11.3. The number of carbonyl (C=O) groups is 1. The predicted octanol–water partition coefficient (Wildman–Crippen LogP) is 6.68. The first-order chi connectivity index (χ1) is 18.2. The van der Waals surface area contributed by atoms with Crippen LogP contribution in [0.3, 0.4) is 0 Å². The molecular weight excluding hydrogens is 554 g/mol. The van der Waals surface area contributed by atoms with Gasteiger partial charge in [-0.05, 0) is 65.9 Å². The number of nitro benzene ring substituents is 1. The molecule has 194 valence electrons. The number of rotatable bonds is 10. The Kier molecular flexibility index (Phi) is 8.56. The van der Waals surface area contributed by atoms with E-state index >= 15 is 0 Å². The van der Waals surface area contributed by atoms with Gasteiger partial charge in [-0.15, -0.1) is 10.2 Å². The molecular formula is C25H18ClN3O7S2. The number of ether oxygens (including phenoxy) is 2. The molecule has 0 fully saturated rings. The van der Waals surface area contributed by atoms with Gasteiger partial charge in [0.2, 0.25) is 5.89 Å². The summed E-state index contributed by atoms with van der Waals surface area (Å²) < 4.78 is 16.2. The smallest absolute Gasteiger partial charge is 0.342 e. The molecule has 0 aliphatic carbocycles. The third-order valence-corrected chi connectivity index (χ3v) is 7.15. The summed E-state index contributed by atoms with van der Waals surface area (Å²) in [6, 6.07) is 16.3. The zero-order chi connectivity index (χ0) is 27.2. The number of aliphatic carboxylic acids is 1. The van der Waals surface area contributed by atoms with Crippen molar-refractivity contribution < 1.29 is 28.7 Å². The third kappa shape index (κ3) is 6.65. The maximum Gasteiger partial charge on any atom is 0.342 e. The number of hydrogen-bond donors (Lipinski definition) is 1. The van der Waals surface area contributed by atoms with E-state index in [9.17, 15) is 20.0 Å². The van der Waals surface area contributed by atoms with Crippen molar-refractivity contribution in [1.29, 1.82) is 0 Å². The van der Waals surface area contributed by atoms with E-state index < -0.39 is 10.9 Å². The van der Waals surface area contributed by atoms with Crippen LogP contribution in [-0.2, 0) is 4.79 Å². The Morgan fingerprint density at radius 1 is 1.05 bits per heavy atom. The fourth-order valence-electron chi connectivity index (χ4n) is 3.15. The van der Waals surface area contributed by atoms with Crippen molar-refractivity contribution in [2.75, 3.05) is 14.2 Å². The lowest BCUT2D eigenvalue weighted by atomic mass is 10.2. The minimum Gasteiger partial charge on any atom is -0.497 e. The lowest BCUT2D eigenvalue weighted by molar-refractivity contribution is -0.384. The maximum absolute atomic E-state index is 12.1. The molecule has 1 aromatic heterocycles. The van der Waals surface area contributed by atoms with E-state index in [1.165, 1.54) is 44.2 Å². The van der Waals surface area contributed by atoms with Crippen LogP contribution in [0.2, 0.25) is 5.02 Å². The van der Waals surface area contributed by atoms with Gasteiger partial charge in [0.05, 0.1) is 19.1 Å². The molecule has 0 spiro atoms. The molecule has 13 heteroatoms. The van der Waals surface area contributed by atoms with E-state index in [1.54, 1.807) is 48.5 Å².